The van der Waals surface area contributed by atoms with Crippen molar-refractivity contribution in [1.29, 1.82) is 0 Å². The molecule has 0 atom stereocenters. The predicted molar refractivity (Wildman–Crippen MR) is 52.3 cm³/mol. The van der Waals surface area contributed by atoms with Gasteiger partial charge >= 0.3 is 0 Å². The van der Waals surface area contributed by atoms with Gasteiger partial charge in [0.05, 0.1) is 10.2 Å². The molecule has 0 aliphatic heterocycles. The van der Waals surface area contributed by atoms with E-state index in [-0.39, 0.29) is 5.82 Å². The van der Waals surface area contributed by atoms with Gasteiger partial charge in [-0.05, 0) is 18.2 Å². The third-order valence-electron chi connectivity index (χ3n) is 1.53. The third kappa shape index (κ3) is 1.32. The molecule has 0 amide bonds. The van der Waals surface area contributed by atoms with Gasteiger partial charge in [-0.2, -0.15) is 12.6 Å². The third-order valence-corrected chi connectivity index (χ3v) is 3.06. The van der Waals surface area contributed by atoms with Gasteiger partial charge in [0, 0.05) is 5.75 Å². The molecule has 1 aromatic heterocycles. The Balaban J connectivity index is 2.67. The Hall–Kier alpha value is -0.610. The van der Waals surface area contributed by atoms with Gasteiger partial charge in [-0.1, -0.05) is 0 Å². The molecule has 0 saturated heterocycles. The molecule has 0 spiro atoms. The standard InChI is InChI=1S/C8H6FNS2/c9-5-1-2-6-7(3-5)12-8(4-11)10-6/h1-3,11H,4H2. The number of benzene rings is 1. The van der Waals surface area contributed by atoms with E-state index in [0.717, 1.165) is 15.2 Å². The molecule has 0 N–H and O–H groups in total. The van der Waals surface area contributed by atoms with Crippen LogP contribution in [0.25, 0.3) is 10.2 Å². The van der Waals surface area contributed by atoms with Gasteiger partial charge in [-0.25, -0.2) is 9.37 Å². The number of hydrogen-bond acceptors (Lipinski definition) is 3. The second kappa shape index (κ2) is 3.03. The maximum absolute atomic E-state index is 12.7. The summed E-state index contributed by atoms with van der Waals surface area (Å²) in [7, 11) is 0. The zero-order valence-electron chi connectivity index (χ0n) is 6.12. The van der Waals surface area contributed by atoms with Crippen LogP contribution in [-0.2, 0) is 5.75 Å². The highest BCUT2D eigenvalue weighted by Crippen LogP contribution is 2.23. The summed E-state index contributed by atoms with van der Waals surface area (Å²) in [6.07, 6.45) is 0. The molecule has 2 rings (SSSR count). The highest BCUT2D eigenvalue weighted by Gasteiger charge is 2.02. The molecule has 4 heteroatoms. The molecule has 1 aromatic carbocycles. The molecule has 1 nitrogen and oxygen atoms in total. The van der Waals surface area contributed by atoms with Gasteiger partial charge in [0.2, 0.25) is 0 Å². The van der Waals surface area contributed by atoms with E-state index >= 15 is 0 Å². The van der Waals surface area contributed by atoms with Crippen LogP contribution in [0.4, 0.5) is 4.39 Å². The number of aromatic nitrogens is 1. The molecule has 12 heavy (non-hydrogen) atoms. The van der Waals surface area contributed by atoms with Gasteiger partial charge < -0.3 is 0 Å². The molecule has 62 valence electrons. The summed E-state index contributed by atoms with van der Waals surface area (Å²) >= 11 is 5.58. The first-order valence-corrected chi connectivity index (χ1v) is 4.90. The molecule has 2 aromatic rings. The van der Waals surface area contributed by atoms with Crippen LogP contribution in [0, 0.1) is 5.82 Å². The highest BCUT2D eigenvalue weighted by atomic mass is 32.1. The maximum atomic E-state index is 12.7. The Kier molecular flexibility index (Phi) is 2.02. The summed E-state index contributed by atoms with van der Waals surface area (Å²) in [4.78, 5) is 4.25. The second-order valence-electron chi connectivity index (χ2n) is 2.38. The zero-order chi connectivity index (χ0) is 8.55. The Morgan fingerprint density at radius 1 is 1.50 bits per heavy atom. The van der Waals surface area contributed by atoms with Crippen molar-refractivity contribution in [3.8, 4) is 0 Å². The van der Waals surface area contributed by atoms with Crippen molar-refractivity contribution >= 4 is 34.2 Å². The fourth-order valence-corrected chi connectivity index (χ4v) is 2.13. The molecule has 0 bridgehead atoms. The minimum atomic E-state index is -0.211. The van der Waals surface area contributed by atoms with Gasteiger partial charge in [0.15, 0.2) is 0 Å². The lowest BCUT2D eigenvalue weighted by Crippen LogP contribution is -1.73. The molecule has 0 saturated carbocycles. The first kappa shape index (κ1) is 8.01. The van der Waals surface area contributed by atoms with E-state index in [0.29, 0.717) is 5.75 Å². The van der Waals surface area contributed by atoms with Crippen molar-refractivity contribution in [3.05, 3.63) is 29.0 Å². The van der Waals surface area contributed by atoms with Crippen molar-refractivity contribution < 1.29 is 4.39 Å². The summed E-state index contributed by atoms with van der Waals surface area (Å²) < 4.78 is 13.6. The molecule has 0 fully saturated rings. The lowest BCUT2D eigenvalue weighted by Gasteiger charge is -1.85. The van der Waals surface area contributed by atoms with Crippen molar-refractivity contribution in [2.45, 2.75) is 5.75 Å². The first-order valence-electron chi connectivity index (χ1n) is 3.45. The summed E-state index contributed by atoms with van der Waals surface area (Å²) in [6.45, 7) is 0. The lowest BCUT2D eigenvalue weighted by molar-refractivity contribution is 0.630. The van der Waals surface area contributed by atoms with Crippen LogP contribution in [0.15, 0.2) is 18.2 Å². The molecule has 1 heterocycles. The number of rotatable bonds is 1. The Morgan fingerprint density at radius 3 is 3.08 bits per heavy atom. The van der Waals surface area contributed by atoms with Crippen LogP contribution in [-0.4, -0.2) is 4.98 Å². The molecule has 0 aliphatic rings. The van der Waals surface area contributed by atoms with Crippen LogP contribution < -0.4 is 0 Å². The van der Waals surface area contributed by atoms with Crippen molar-refractivity contribution in [3.63, 3.8) is 0 Å². The minimum absolute atomic E-state index is 0.211. The fourth-order valence-electron chi connectivity index (χ4n) is 1.01. The SMILES string of the molecule is Fc1ccc2nc(CS)sc2c1. The van der Waals surface area contributed by atoms with Crippen molar-refractivity contribution in [2.24, 2.45) is 0 Å². The largest absolute Gasteiger partial charge is 0.240 e. The van der Waals surface area contributed by atoms with Gasteiger partial charge in [-0.15, -0.1) is 11.3 Å². The summed E-state index contributed by atoms with van der Waals surface area (Å²) in [5.41, 5.74) is 0.852. The van der Waals surface area contributed by atoms with E-state index in [2.05, 4.69) is 17.6 Å². The average molecular weight is 199 g/mol. The number of halogens is 1. The molecule has 0 radical (unpaired) electrons. The van der Waals surface area contributed by atoms with Crippen LogP contribution >= 0.6 is 24.0 Å². The van der Waals surface area contributed by atoms with Crippen molar-refractivity contribution in [2.75, 3.05) is 0 Å². The highest BCUT2D eigenvalue weighted by molar-refractivity contribution is 7.79. The predicted octanol–water partition coefficient (Wildman–Crippen LogP) is 2.87. The summed E-state index contributed by atoms with van der Waals surface area (Å²) in [5, 5.41) is 0.930. The van der Waals surface area contributed by atoms with Crippen LogP contribution in [0.1, 0.15) is 5.01 Å². The Labute approximate surface area is 78.7 Å². The van der Waals surface area contributed by atoms with Gasteiger partial charge in [0.1, 0.15) is 10.8 Å². The van der Waals surface area contributed by atoms with E-state index < -0.39 is 0 Å². The minimum Gasteiger partial charge on any atom is -0.240 e. The topological polar surface area (TPSA) is 12.9 Å². The molecular weight excluding hydrogens is 193 g/mol. The zero-order valence-corrected chi connectivity index (χ0v) is 7.83. The van der Waals surface area contributed by atoms with E-state index in [1.54, 1.807) is 6.07 Å². The first-order chi connectivity index (χ1) is 5.79. The summed E-state index contributed by atoms with van der Waals surface area (Å²) in [6, 6.07) is 4.61. The summed E-state index contributed by atoms with van der Waals surface area (Å²) in [5.74, 6) is 0.401. The van der Waals surface area contributed by atoms with Crippen LogP contribution in [0.3, 0.4) is 0 Å². The molecule has 0 aliphatic carbocycles. The van der Waals surface area contributed by atoms with Crippen molar-refractivity contribution in [1.82, 2.24) is 4.98 Å². The smallest absolute Gasteiger partial charge is 0.124 e. The normalized spacial score (nSPS) is 10.8. The number of thiazole rings is 1. The number of hydrogen-bond donors (Lipinski definition) is 1. The number of nitrogens with zero attached hydrogens (tertiary/aromatic N) is 1. The van der Waals surface area contributed by atoms with Crippen LogP contribution in [0.2, 0.25) is 0 Å². The molecular formula is C8H6FNS2. The Morgan fingerprint density at radius 2 is 2.33 bits per heavy atom. The average Bonchev–Trinajstić information content (AvgIpc) is 2.46. The van der Waals surface area contributed by atoms with E-state index in [1.807, 2.05) is 0 Å². The number of thiol groups is 1. The quantitative estimate of drug-likeness (QED) is 0.697. The fraction of sp³-hybridized carbons (Fsp3) is 0.125. The Bertz CT molecular complexity index is 410. The van der Waals surface area contributed by atoms with Gasteiger partial charge in [0.25, 0.3) is 0 Å². The molecule has 0 unspecified atom stereocenters. The van der Waals surface area contributed by atoms with E-state index in [1.165, 1.54) is 23.5 Å². The van der Waals surface area contributed by atoms with Gasteiger partial charge in [-0.3, -0.25) is 0 Å². The van der Waals surface area contributed by atoms with Crippen LogP contribution in [0.5, 0.6) is 0 Å². The van der Waals surface area contributed by atoms with E-state index in [4.69, 9.17) is 0 Å². The van der Waals surface area contributed by atoms with E-state index in [9.17, 15) is 4.39 Å². The monoisotopic (exact) mass is 199 g/mol. The second-order valence-corrected chi connectivity index (χ2v) is 3.81. The maximum Gasteiger partial charge on any atom is 0.124 e. The number of fused-ring (bicyclic) bond motifs is 1. The lowest BCUT2D eigenvalue weighted by atomic mass is 10.3.